The molecule has 2 rings (SSSR count). The van der Waals surface area contributed by atoms with Gasteiger partial charge in [0, 0.05) is 5.56 Å². The largest absolute Gasteiger partial charge is 0.497 e. The van der Waals surface area contributed by atoms with E-state index in [2.05, 4.69) is 9.98 Å². The van der Waals surface area contributed by atoms with Crippen LogP contribution < -0.4 is 4.74 Å². The maximum absolute atomic E-state index is 9.88. The Balaban J connectivity index is 2.18. The highest BCUT2D eigenvalue weighted by Gasteiger charge is 2.18. The first-order chi connectivity index (χ1) is 9.40. The molecular weight excluding hydrogens is 254 g/mol. The molecule has 20 heavy (non-hydrogen) atoms. The molecule has 0 bridgehead atoms. The number of hydroxylamine groups is 2. The maximum Gasteiger partial charge on any atom is 0.159 e. The van der Waals surface area contributed by atoms with E-state index in [1.165, 1.54) is 0 Å². The van der Waals surface area contributed by atoms with E-state index in [4.69, 9.17) is 4.74 Å². The molecule has 1 aliphatic heterocycles. The fourth-order valence-electron chi connectivity index (χ4n) is 1.57. The fourth-order valence-corrected chi connectivity index (χ4v) is 1.57. The van der Waals surface area contributed by atoms with Gasteiger partial charge in [0.25, 0.3) is 0 Å². The topological polar surface area (TPSA) is 57.4 Å². The van der Waals surface area contributed by atoms with Gasteiger partial charge in [-0.3, -0.25) is 10.3 Å². The third kappa shape index (κ3) is 3.24. The van der Waals surface area contributed by atoms with Gasteiger partial charge < -0.3 is 4.74 Å². The zero-order valence-corrected chi connectivity index (χ0v) is 12.2. The van der Waals surface area contributed by atoms with Crippen LogP contribution in [0.3, 0.4) is 0 Å². The minimum absolute atomic E-state index is 0.376. The molecule has 0 saturated heterocycles. The zero-order chi connectivity index (χ0) is 14.8. The smallest absolute Gasteiger partial charge is 0.159 e. The Labute approximate surface area is 118 Å². The van der Waals surface area contributed by atoms with Crippen molar-refractivity contribution in [2.75, 3.05) is 7.11 Å². The quantitative estimate of drug-likeness (QED) is 0.861. The number of ether oxygens (including phenoxy) is 1. The van der Waals surface area contributed by atoms with Crippen LogP contribution in [0.1, 0.15) is 26.3 Å². The summed E-state index contributed by atoms with van der Waals surface area (Å²) in [6, 6.07) is 7.53. The van der Waals surface area contributed by atoms with Crippen LogP contribution in [-0.4, -0.2) is 35.0 Å². The molecule has 1 aromatic rings. The lowest BCUT2D eigenvalue weighted by atomic mass is 10.1. The highest BCUT2D eigenvalue weighted by molar-refractivity contribution is 6.10. The van der Waals surface area contributed by atoms with Crippen molar-refractivity contribution < 1.29 is 9.94 Å². The van der Waals surface area contributed by atoms with Gasteiger partial charge in [0.15, 0.2) is 5.84 Å². The average Bonchev–Trinajstić information content (AvgIpc) is 2.86. The molecule has 0 aromatic heterocycles. The Morgan fingerprint density at radius 1 is 1.20 bits per heavy atom. The summed E-state index contributed by atoms with van der Waals surface area (Å²) in [5.74, 6) is 1.42. The summed E-state index contributed by atoms with van der Waals surface area (Å²) in [7, 11) is 1.63. The molecule has 1 aromatic carbocycles. The predicted octanol–water partition coefficient (Wildman–Crippen LogP) is 2.86. The van der Waals surface area contributed by atoms with Crippen molar-refractivity contribution in [3.8, 4) is 5.75 Å². The number of allylic oxidation sites excluding steroid dienone is 1. The Morgan fingerprint density at radius 3 is 2.40 bits per heavy atom. The van der Waals surface area contributed by atoms with Gasteiger partial charge >= 0.3 is 0 Å². The van der Waals surface area contributed by atoms with Gasteiger partial charge in [-0.05, 0) is 45.0 Å². The molecule has 0 radical (unpaired) electrons. The molecule has 1 aliphatic rings. The molecule has 0 amide bonds. The molecular formula is C15H19N3O2. The highest BCUT2D eigenvalue weighted by Crippen LogP contribution is 2.17. The Morgan fingerprint density at radius 2 is 1.85 bits per heavy atom. The van der Waals surface area contributed by atoms with Crippen molar-refractivity contribution in [3.63, 3.8) is 0 Å². The third-order valence-corrected chi connectivity index (χ3v) is 2.84. The maximum atomic E-state index is 9.88. The van der Waals surface area contributed by atoms with Crippen molar-refractivity contribution in [2.24, 2.45) is 9.98 Å². The number of nitrogens with zero attached hydrogens (tertiary/aromatic N) is 3. The third-order valence-electron chi connectivity index (χ3n) is 2.84. The number of benzene rings is 1. The summed E-state index contributed by atoms with van der Waals surface area (Å²) in [6.07, 6.45) is 3.20. The normalized spacial score (nSPS) is 16.4. The van der Waals surface area contributed by atoms with E-state index in [-0.39, 0.29) is 5.54 Å². The second-order valence-corrected chi connectivity index (χ2v) is 5.49. The predicted molar refractivity (Wildman–Crippen MR) is 79.5 cm³/mol. The first kappa shape index (κ1) is 14.3. The van der Waals surface area contributed by atoms with E-state index in [0.29, 0.717) is 11.5 Å². The first-order valence-corrected chi connectivity index (χ1v) is 6.37. The highest BCUT2D eigenvalue weighted by atomic mass is 16.5. The molecule has 0 atom stereocenters. The Bertz CT molecular complexity index is 566. The Kier molecular flexibility index (Phi) is 3.90. The number of amidine groups is 1. The van der Waals surface area contributed by atoms with Crippen molar-refractivity contribution in [1.29, 1.82) is 0 Å². The number of rotatable bonds is 3. The van der Waals surface area contributed by atoms with Gasteiger partial charge in [0.05, 0.1) is 25.1 Å². The molecule has 0 fully saturated rings. The van der Waals surface area contributed by atoms with E-state index in [1.54, 1.807) is 19.5 Å². The number of methoxy groups -OCH3 is 1. The Hall–Kier alpha value is -2.14. The second kappa shape index (κ2) is 5.46. The number of aliphatic imine (C=N–C) groups is 2. The van der Waals surface area contributed by atoms with Crippen LogP contribution in [-0.2, 0) is 0 Å². The molecule has 1 heterocycles. The lowest BCUT2D eigenvalue weighted by Gasteiger charge is -2.27. The van der Waals surface area contributed by atoms with Crippen molar-refractivity contribution >= 4 is 12.1 Å². The van der Waals surface area contributed by atoms with Crippen LogP contribution >= 0.6 is 0 Å². The van der Waals surface area contributed by atoms with Gasteiger partial charge in [-0.2, -0.15) is 0 Å². The second-order valence-electron chi connectivity index (χ2n) is 5.49. The number of hydrogen-bond acceptors (Lipinski definition) is 5. The van der Waals surface area contributed by atoms with E-state index >= 15 is 0 Å². The molecule has 0 aliphatic carbocycles. The summed E-state index contributed by atoms with van der Waals surface area (Å²) >= 11 is 0. The molecule has 5 nitrogen and oxygen atoms in total. The molecule has 0 spiro atoms. The van der Waals surface area contributed by atoms with Crippen LogP contribution in [0.25, 0.3) is 0 Å². The molecule has 106 valence electrons. The van der Waals surface area contributed by atoms with Gasteiger partial charge in [0.2, 0.25) is 0 Å². The lowest BCUT2D eigenvalue weighted by molar-refractivity contribution is -0.110. The first-order valence-electron chi connectivity index (χ1n) is 6.37. The zero-order valence-electron chi connectivity index (χ0n) is 12.2. The van der Waals surface area contributed by atoms with Crippen LogP contribution in [0.2, 0.25) is 0 Å². The summed E-state index contributed by atoms with van der Waals surface area (Å²) in [4.78, 5) is 8.64. The van der Waals surface area contributed by atoms with Crippen LogP contribution in [0, 0.1) is 0 Å². The molecule has 1 N–H and O–H groups in total. The van der Waals surface area contributed by atoms with Crippen molar-refractivity contribution in [3.05, 3.63) is 41.7 Å². The van der Waals surface area contributed by atoms with Gasteiger partial charge in [-0.25, -0.2) is 9.98 Å². The molecule has 0 saturated carbocycles. The van der Waals surface area contributed by atoms with Crippen molar-refractivity contribution in [2.45, 2.75) is 26.3 Å². The molecule has 0 unspecified atom stereocenters. The fraction of sp³-hybridized carbons (Fsp3) is 0.333. The van der Waals surface area contributed by atoms with Crippen LogP contribution in [0.4, 0.5) is 0 Å². The summed E-state index contributed by atoms with van der Waals surface area (Å²) < 4.78 is 5.11. The average molecular weight is 273 g/mol. The minimum Gasteiger partial charge on any atom is -0.497 e. The van der Waals surface area contributed by atoms with Crippen LogP contribution in [0.15, 0.2) is 46.1 Å². The monoisotopic (exact) mass is 273 g/mol. The molecule has 5 heteroatoms. The van der Waals surface area contributed by atoms with Gasteiger partial charge in [-0.15, -0.1) is 0 Å². The SMILES string of the molecule is COc1ccc(C2=NC(=CN(O)C(C)(C)C)C=N2)cc1. The van der Waals surface area contributed by atoms with E-state index in [9.17, 15) is 5.21 Å². The summed E-state index contributed by atoms with van der Waals surface area (Å²) in [6.45, 7) is 5.72. The van der Waals surface area contributed by atoms with Crippen molar-refractivity contribution in [1.82, 2.24) is 5.06 Å². The summed E-state index contributed by atoms with van der Waals surface area (Å²) in [5, 5.41) is 11.0. The number of hydrogen-bond donors (Lipinski definition) is 1. The minimum atomic E-state index is -0.376. The van der Waals surface area contributed by atoms with E-state index in [1.807, 2.05) is 45.0 Å². The van der Waals surface area contributed by atoms with Gasteiger partial charge in [0.1, 0.15) is 11.4 Å². The summed E-state index contributed by atoms with van der Waals surface area (Å²) in [5.41, 5.74) is 1.15. The van der Waals surface area contributed by atoms with E-state index in [0.717, 1.165) is 16.4 Å². The lowest BCUT2D eigenvalue weighted by Crippen LogP contribution is -2.34. The van der Waals surface area contributed by atoms with Crippen LogP contribution in [0.5, 0.6) is 5.75 Å². The standard InChI is InChI=1S/C15H19N3O2/c1-15(2,3)18(19)10-12-9-16-14(17-12)11-5-7-13(20-4)8-6-11/h5-10,19H,1-4H3. The van der Waals surface area contributed by atoms with E-state index < -0.39 is 0 Å². The van der Waals surface area contributed by atoms with Gasteiger partial charge in [-0.1, -0.05) is 0 Å².